The fourth-order valence-electron chi connectivity index (χ4n) is 2.73. The fraction of sp³-hybridized carbons (Fsp3) is 0.375. The van der Waals surface area contributed by atoms with E-state index in [-0.39, 0.29) is 18.3 Å². The molecule has 1 aromatic heterocycles. The van der Waals surface area contributed by atoms with Gasteiger partial charge in [0.05, 0.1) is 5.69 Å². The van der Waals surface area contributed by atoms with Gasteiger partial charge in [0.2, 0.25) is 0 Å². The number of rotatable bonds is 3. The lowest BCUT2D eigenvalue weighted by Gasteiger charge is -2.31. The molecule has 0 aliphatic carbocycles. The molecule has 0 unspecified atom stereocenters. The van der Waals surface area contributed by atoms with E-state index in [1.807, 2.05) is 48.5 Å². The molecule has 1 amide bonds. The first-order valence-electron chi connectivity index (χ1n) is 7.34. The Morgan fingerprint density at radius 1 is 1.23 bits per heavy atom. The predicted molar refractivity (Wildman–Crippen MR) is 88.8 cm³/mol. The number of hydrogen-bond donors (Lipinski definition) is 1. The van der Waals surface area contributed by atoms with E-state index in [4.69, 9.17) is 0 Å². The van der Waals surface area contributed by atoms with Crippen LogP contribution < -0.4 is 5.32 Å². The third-order valence-electron chi connectivity index (χ3n) is 4.07. The third kappa shape index (κ3) is 3.48. The van der Waals surface area contributed by atoms with Crippen molar-refractivity contribution in [3.8, 4) is 5.69 Å². The summed E-state index contributed by atoms with van der Waals surface area (Å²) in [6.45, 7) is 1.65. The van der Waals surface area contributed by atoms with Crippen LogP contribution in [-0.2, 0) is 0 Å². The van der Waals surface area contributed by atoms with Crippen molar-refractivity contribution >= 4 is 18.3 Å². The molecule has 0 saturated carbocycles. The van der Waals surface area contributed by atoms with Crippen molar-refractivity contribution < 1.29 is 4.79 Å². The zero-order valence-corrected chi connectivity index (χ0v) is 13.4. The first-order valence-corrected chi connectivity index (χ1v) is 7.34. The van der Waals surface area contributed by atoms with Gasteiger partial charge in [0.1, 0.15) is 0 Å². The van der Waals surface area contributed by atoms with E-state index in [0.717, 1.165) is 37.2 Å². The Hall–Kier alpha value is -1.85. The Kier molecular flexibility index (Phi) is 5.57. The predicted octanol–water partition coefficient (Wildman–Crippen LogP) is 2.12. The monoisotopic (exact) mass is 320 g/mol. The number of carbonyl (C=O) groups is 1. The number of amides is 1. The summed E-state index contributed by atoms with van der Waals surface area (Å²) in [4.78, 5) is 14.4. The number of carbonyl (C=O) groups excluding carboxylic acids is 1. The van der Waals surface area contributed by atoms with Crippen molar-refractivity contribution in [2.24, 2.45) is 0 Å². The van der Waals surface area contributed by atoms with E-state index >= 15 is 0 Å². The average molecular weight is 321 g/mol. The molecule has 3 rings (SSSR count). The zero-order chi connectivity index (χ0) is 14.7. The first-order chi connectivity index (χ1) is 10.3. The van der Waals surface area contributed by atoms with E-state index in [9.17, 15) is 4.79 Å². The second-order valence-electron chi connectivity index (χ2n) is 5.35. The van der Waals surface area contributed by atoms with Crippen LogP contribution in [0.1, 0.15) is 23.2 Å². The highest BCUT2D eigenvalue weighted by atomic mass is 35.5. The van der Waals surface area contributed by atoms with Crippen molar-refractivity contribution in [2.45, 2.75) is 18.9 Å². The summed E-state index contributed by atoms with van der Waals surface area (Å²) >= 11 is 0. The Balaban J connectivity index is 0.00000176. The minimum Gasteiger partial charge on any atom is -0.339 e. The summed E-state index contributed by atoms with van der Waals surface area (Å²) in [6.07, 6.45) is 5.67. The molecule has 1 saturated heterocycles. The molecule has 1 fully saturated rings. The quantitative estimate of drug-likeness (QED) is 0.942. The van der Waals surface area contributed by atoms with Crippen LogP contribution in [0.5, 0.6) is 0 Å². The number of nitrogens with one attached hydrogen (secondary N) is 1. The number of hydrogen-bond acceptors (Lipinski definition) is 3. The fourth-order valence-corrected chi connectivity index (χ4v) is 2.73. The van der Waals surface area contributed by atoms with Crippen molar-refractivity contribution in [1.29, 1.82) is 0 Å². The summed E-state index contributed by atoms with van der Waals surface area (Å²) in [6, 6.07) is 10.0. The van der Waals surface area contributed by atoms with Gasteiger partial charge in [0.15, 0.2) is 0 Å². The Labute approximate surface area is 136 Å². The second-order valence-corrected chi connectivity index (χ2v) is 5.35. The number of piperidine rings is 1. The average Bonchev–Trinajstić information content (AvgIpc) is 3.09. The maximum Gasteiger partial charge on any atom is 0.253 e. The maximum absolute atomic E-state index is 12.5. The first kappa shape index (κ1) is 16.5. The van der Waals surface area contributed by atoms with Crippen LogP contribution in [0.15, 0.2) is 42.7 Å². The molecule has 0 spiro atoms. The van der Waals surface area contributed by atoms with Crippen molar-refractivity contribution in [3.05, 3.63) is 48.3 Å². The normalized spacial score (nSPS) is 15.4. The molecule has 1 N–H and O–H groups in total. The van der Waals surface area contributed by atoms with E-state index in [2.05, 4.69) is 10.4 Å². The lowest BCUT2D eigenvalue weighted by atomic mass is 10.0. The van der Waals surface area contributed by atoms with Crippen LogP contribution in [0, 0.1) is 0 Å². The third-order valence-corrected chi connectivity index (χ3v) is 4.07. The van der Waals surface area contributed by atoms with Gasteiger partial charge >= 0.3 is 0 Å². The molecule has 0 radical (unpaired) electrons. The lowest BCUT2D eigenvalue weighted by Crippen LogP contribution is -2.43. The number of halogens is 1. The standard InChI is InChI=1S/C16H20N4O.ClH/c1-17-14-7-11-19(12-8-14)16(21)13-3-5-15(6-4-13)20-10-2-9-18-20;/h2-6,9-10,14,17H,7-8,11-12H2,1H3;1H. The maximum atomic E-state index is 12.5. The van der Waals surface area contributed by atoms with Gasteiger partial charge < -0.3 is 10.2 Å². The number of nitrogens with zero attached hydrogens (tertiary/aromatic N) is 3. The Morgan fingerprint density at radius 3 is 2.45 bits per heavy atom. The summed E-state index contributed by atoms with van der Waals surface area (Å²) in [5.74, 6) is 0.122. The topological polar surface area (TPSA) is 50.2 Å². The van der Waals surface area contributed by atoms with Gasteiger partial charge in [-0.05, 0) is 50.2 Å². The van der Waals surface area contributed by atoms with Crippen LogP contribution in [0.4, 0.5) is 0 Å². The summed E-state index contributed by atoms with van der Waals surface area (Å²) in [5.41, 5.74) is 1.71. The number of likely N-dealkylation sites (tertiary alicyclic amines) is 1. The number of benzene rings is 1. The highest BCUT2D eigenvalue weighted by Gasteiger charge is 2.22. The molecular formula is C16H21ClN4O. The van der Waals surface area contributed by atoms with E-state index in [1.165, 1.54) is 0 Å². The minimum atomic E-state index is 0. The van der Waals surface area contributed by atoms with Crippen LogP contribution in [0.2, 0.25) is 0 Å². The van der Waals surface area contributed by atoms with Crippen LogP contribution in [-0.4, -0.2) is 46.8 Å². The SMILES string of the molecule is CNC1CCN(C(=O)c2ccc(-n3cccn3)cc2)CC1.Cl. The smallest absolute Gasteiger partial charge is 0.253 e. The van der Waals surface area contributed by atoms with Gasteiger partial charge in [-0.1, -0.05) is 0 Å². The highest BCUT2D eigenvalue weighted by molar-refractivity contribution is 5.94. The van der Waals surface area contributed by atoms with Gasteiger partial charge in [-0.15, -0.1) is 12.4 Å². The molecule has 6 heteroatoms. The van der Waals surface area contributed by atoms with Crippen LogP contribution >= 0.6 is 12.4 Å². The van der Waals surface area contributed by atoms with Crippen molar-refractivity contribution in [3.63, 3.8) is 0 Å². The molecule has 1 aromatic carbocycles. The van der Waals surface area contributed by atoms with Crippen molar-refractivity contribution in [2.75, 3.05) is 20.1 Å². The Morgan fingerprint density at radius 2 is 1.91 bits per heavy atom. The van der Waals surface area contributed by atoms with Gasteiger partial charge in [-0.25, -0.2) is 4.68 Å². The minimum absolute atomic E-state index is 0. The van der Waals surface area contributed by atoms with Gasteiger partial charge in [0.25, 0.3) is 5.91 Å². The molecule has 1 aliphatic rings. The molecule has 5 nitrogen and oxygen atoms in total. The van der Waals surface area contributed by atoms with Gasteiger partial charge in [-0.2, -0.15) is 5.10 Å². The highest BCUT2D eigenvalue weighted by Crippen LogP contribution is 2.15. The molecule has 0 bridgehead atoms. The Bertz CT molecular complexity index is 589. The molecule has 2 aromatic rings. The summed E-state index contributed by atoms with van der Waals surface area (Å²) < 4.78 is 1.78. The summed E-state index contributed by atoms with van der Waals surface area (Å²) in [5, 5.41) is 7.46. The zero-order valence-electron chi connectivity index (χ0n) is 12.6. The van der Waals surface area contributed by atoms with Crippen LogP contribution in [0.25, 0.3) is 5.69 Å². The van der Waals surface area contributed by atoms with Gasteiger partial charge in [0, 0.05) is 37.1 Å². The van der Waals surface area contributed by atoms with E-state index < -0.39 is 0 Å². The van der Waals surface area contributed by atoms with E-state index in [1.54, 1.807) is 10.9 Å². The molecular weight excluding hydrogens is 300 g/mol. The molecule has 118 valence electrons. The van der Waals surface area contributed by atoms with E-state index in [0.29, 0.717) is 6.04 Å². The molecule has 22 heavy (non-hydrogen) atoms. The summed E-state index contributed by atoms with van der Waals surface area (Å²) in [7, 11) is 1.98. The van der Waals surface area contributed by atoms with Crippen LogP contribution in [0.3, 0.4) is 0 Å². The lowest BCUT2D eigenvalue weighted by molar-refractivity contribution is 0.0707. The van der Waals surface area contributed by atoms with Crippen molar-refractivity contribution in [1.82, 2.24) is 20.0 Å². The largest absolute Gasteiger partial charge is 0.339 e. The molecule has 2 heterocycles. The molecule has 0 atom stereocenters. The number of aromatic nitrogens is 2. The second kappa shape index (κ2) is 7.42. The molecule has 1 aliphatic heterocycles. The van der Waals surface area contributed by atoms with Gasteiger partial charge in [-0.3, -0.25) is 4.79 Å².